The number of carbonyl (C=O) groups is 4. The van der Waals surface area contributed by atoms with E-state index in [-0.39, 0.29) is 65.8 Å². The van der Waals surface area contributed by atoms with Gasteiger partial charge in [-0.1, -0.05) is 32.8 Å². The molecule has 368 valence electrons. The van der Waals surface area contributed by atoms with Gasteiger partial charge in [0.1, 0.15) is 17.3 Å². The summed E-state index contributed by atoms with van der Waals surface area (Å²) in [6.07, 6.45) is 4.84. The number of fused-ring (bicyclic) bond motifs is 2. The summed E-state index contributed by atoms with van der Waals surface area (Å²) in [6.45, 7) is 14.9. The van der Waals surface area contributed by atoms with Crippen LogP contribution in [0.5, 0.6) is 17.5 Å². The van der Waals surface area contributed by atoms with Crippen molar-refractivity contribution in [2.24, 2.45) is 5.92 Å². The van der Waals surface area contributed by atoms with E-state index in [2.05, 4.69) is 20.1 Å². The molecule has 18 heteroatoms. The van der Waals surface area contributed by atoms with Crippen LogP contribution in [0.3, 0.4) is 0 Å². The van der Waals surface area contributed by atoms with Crippen LogP contribution >= 0.6 is 0 Å². The summed E-state index contributed by atoms with van der Waals surface area (Å²) < 4.78 is 19.9. The number of nitrogens with zero attached hydrogens (tertiary/aromatic N) is 8. The Bertz CT molecular complexity index is 3030. The number of phenolic OH excluding ortho intramolecular Hbond substituents is 2. The van der Waals surface area contributed by atoms with E-state index in [1.807, 2.05) is 68.0 Å². The van der Waals surface area contributed by atoms with Gasteiger partial charge in [-0.15, -0.1) is 5.10 Å². The number of aromatic hydroxyl groups is 3. The number of aromatic nitrogens is 5. The maximum atomic E-state index is 14.5. The smallest absolute Gasteiger partial charge is 0.414 e. The minimum absolute atomic E-state index is 0.0293. The third kappa shape index (κ3) is 9.59. The quantitative estimate of drug-likeness (QED) is 0.0582. The second-order valence-corrected chi connectivity index (χ2v) is 18.4. The summed E-state index contributed by atoms with van der Waals surface area (Å²) >= 11 is 0. The van der Waals surface area contributed by atoms with E-state index in [0.717, 1.165) is 41.6 Å². The van der Waals surface area contributed by atoms with Crippen molar-refractivity contribution in [1.29, 1.82) is 0 Å². The number of amides is 4. The number of benzene rings is 3. The molecule has 17 nitrogen and oxygen atoms in total. The molecule has 2 aliphatic heterocycles. The molecule has 1 saturated heterocycles. The zero-order chi connectivity index (χ0) is 50.1. The molecule has 0 atom stereocenters. The van der Waals surface area contributed by atoms with Crippen molar-refractivity contribution in [2.75, 3.05) is 44.6 Å². The lowest BCUT2D eigenvalue weighted by Crippen LogP contribution is -2.42. The number of halogens is 1. The zero-order valence-electron chi connectivity index (χ0n) is 40.4. The number of imide groups is 1. The van der Waals surface area contributed by atoms with Gasteiger partial charge in [-0.2, -0.15) is 0 Å². The van der Waals surface area contributed by atoms with Crippen LogP contribution in [0.1, 0.15) is 97.7 Å². The summed E-state index contributed by atoms with van der Waals surface area (Å²) in [5.41, 5.74) is 5.06. The highest BCUT2D eigenvalue weighted by molar-refractivity contribution is 6.35. The van der Waals surface area contributed by atoms with Gasteiger partial charge in [0.15, 0.2) is 5.82 Å². The molecule has 5 heterocycles. The Kier molecular flexibility index (Phi) is 14.2. The minimum Gasteiger partial charge on any atom is -0.508 e. The van der Waals surface area contributed by atoms with Gasteiger partial charge in [-0.05, 0) is 124 Å². The van der Waals surface area contributed by atoms with Crippen molar-refractivity contribution in [1.82, 2.24) is 38.6 Å². The van der Waals surface area contributed by atoms with Crippen molar-refractivity contribution < 1.29 is 44.0 Å². The average molecular weight is 958 g/mol. The van der Waals surface area contributed by atoms with E-state index < -0.39 is 23.7 Å². The number of carbonyl (C=O) groups excluding carboxylic acids is 3. The SMILES string of the molecule is CCN(CC)CCN(C(=O)O)C(=O)c1c(C)c(C=C2C(=O)Nc3ccc(F)cc32)n(CCC(=O)N2CCC(CCn3ccc4cc(-n5c(O)nnc5-c5cc(C(C)C)c(O)cc5O)ccc43)CC2)c1C. The van der Waals surface area contributed by atoms with Gasteiger partial charge in [-0.25, -0.2) is 18.7 Å². The lowest BCUT2D eigenvalue weighted by Gasteiger charge is -2.32. The van der Waals surface area contributed by atoms with Gasteiger partial charge < -0.3 is 44.7 Å². The Hall–Kier alpha value is -7.47. The minimum atomic E-state index is -1.38. The van der Waals surface area contributed by atoms with Gasteiger partial charge in [-0.3, -0.25) is 14.4 Å². The van der Waals surface area contributed by atoms with Gasteiger partial charge in [0, 0.05) is 91.5 Å². The number of phenols is 2. The largest absolute Gasteiger partial charge is 0.508 e. The van der Waals surface area contributed by atoms with Crippen LogP contribution in [0.15, 0.2) is 60.8 Å². The average Bonchev–Trinajstić information content (AvgIpc) is 4.07. The molecule has 0 aliphatic carbocycles. The molecule has 3 aromatic heterocycles. The molecule has 0 radical (unpaired) electrons. The molecule has 4 amide bonds. The third-order valence-electron chi connectivity index (χ3n) is 14.0. The molecule has 6 aromatic rings. The molecule has 0 unspecified atom stereocenters. The molecule has 3 aromatic carbocycles. The first-order valence-corrected chi connectivity index (χ1v) is 23.9. The second kappa shape index (κ2) is 20.2. The van der Waals surface area contributed by atoms with E-state index in [9.17, 15) is 44.0 Å². The fraction of sp³-hybridized carbons (Fsp3) is 0.385. The number of rotatable bonds is 16. The molecule has 0 spiro atoms. The standard InChI is InChI=1S/C52H60FN9O8/c1-7-57(8-2)23-24-61(52(69)70)50(67)47-31(5)43(28-39-38-26-35(53)9-11-41(38)54-49(39)66)60(32(47)6)22-17-46(65)59-19-14-33(15-20-59)13-18-58-21-16-34-25-36(10-12-42(34)58)62-48(55-56-51(62)68)40-27-37(30(3)4)44(63)29-45(40)64/h9-12,16,21,25-30,33,63-64H,7-8,13-15,17-20,22-24H2,1-6H3,(H,54,66)(H,56,68)(H,69,70). The van der Waals surface area contributed by atoms with Crippen LogP contribution in [-0.4, -0.2) is 122 Å². The maximum absolute atomic E-state index is 14.5. The van der Waals surface area contributed by atoms with Gasteiger partial charge in [0.05, 0.1) is 22.4 Å². The second-order valence-electron chi connectivity index (χ2n) is 18.4. The molecule has 70 heavy (non-hydrogen) atoms. The van der Waals surface area contributed by atoms with Crippen molar-refractivity contribution in [2.45, 2.75) is 86.2 Å². The first kappa shape index (κ1) is 49.0. The van der Waals surface area contributed by atoms with Crippen molar-refractivity contribution in [3.05, 3.63) is 100 Å². The number of hydrogen-bond acceptors (Lipinski definition) is 10. The molecule has 0 bridgehead atoms. The molecule has 8 rings (SSSR count). The van der Waals surface area contributed by atoms with Crippen LogP contribution in [-0.2, 0) is 22.7 Å². The maximum Gasteiger partial charge on any atom is 0.414 e. The van der Waals surface area contributed by atoms with Crippen LogP contribution in [0.2, 0.25) is 0 Å². The summed E-state index contributed by atoms with van der Waals surface area (Å²) in [4.78, 5) is 58.6. The predicted molar refractivity (Wildman–Crippen MR) is 264 cm³/mol. The molecule has 2 aliphatic rings. The van der Waals surface area contributed by atoms with Gasteiger partial charge >= 0.3 is 12.1 Å². The first-order chi connectivity index (χ1) is 33.5. The van der Waals surface area contributed by atoms with Crippen LogP contribution < -0.4 is 5.32 Å². The highest BCUT2D eigenvalue weighted by atomic mass is 19.1. The highest BCUT2D eigenvalue weighted by Crippen LogP contribution is 2.40. The van der Waals surface area contributed by atoms with E-state index in [4.69, 9.17) is 0 Å². The van der Waals surface area contributed by atoms with Crippen LogP contribution in [0, 0.1) is 25.6 Å². The van der Waals surface area contributed by atoms with Gasteiger partial charge in [0.25, 0.3) is 11.8 Å². The zero-order valence-corrected chi connectivity index (χ0v) is 40.4. The lowest BCUT2D eigenvalue weighted by molar-refractivity contribution is -0.132. The highest BCUT2D eigenvalue weighted by Gasteiger charge is 2.32. The molecule has 0 saturated carbocycles. The van der Waals surface area contributed by atoms with E-state index in [1.54, 1.807) is 30.6 Å². The molecule has 1 fully saturated rings. The molecular weight excluding hydrogens is 898 g/mol. The topological polar surface area (TPSA) is 212 Å². The van der Waals surface area contributed by atoms with Gasteiger partial charge in [0.2, 0.25) is 5.91 Å². The number of carboxylic acid groups (broad SMARTS) is 1. The Balaban J connectivity index is 0.943. The van der Waals surface area contributed by atoms with Crippen molar-refractivity contribution in [3.63, 3.8) is 0 Å². The number of anilines is 1. The summed E-state index contributed by atoms with van der Waals surface area (Å²) in [7, 11) is 0. The summed E-state index contributed by atoms with van der Waals surface area (Å²) in [6, 6.07) is 14.3. The van der Waals surface area contributed by atoms with E-state index >= 15 is 0 Å². The summed E-state index contributed by atoms with van der Waals surface area (Å²) in [5.74, 6) is -1.39. The van der Waals surface area contributed by atoms with Crippen molar-refractivity contribution in [3.8, 4) is 34.6 Å². The van der Waals surface area contributed by atoms with Crippen LogP contribution in [0.25, 0.3) is 39.6 Å². The van der Waals surface area contributed by atoms with Crippen molar-refractivity contribution >= 4 is 52.1 Å². The number of piperidine rings is 1. The number of likely N-dealkylation sites (N-methyl/N-ethyl adjacent to an activating group) is 1. The monoisotopic (exact) mass is 957 g/mol. The Morgan fingerprint density at radius 3 is 2.36 bits per heavy atom. The number of hydrogen-bond donors (Lipinski definition) is 5. The normalized spacial score (nSPS) is 14.6. The first-order valence-electron chi connectivity index (χ1n) is 23.9. The number of nitrogens with one attached hydrogen (secondary N) is 1. The predicted octanol–water partition coefficient (Wildman–Crippen LogP) is 8.36. The molecular formula is C52H60FN9O8. The van der Waals surface area contributed by atoms with Crippen LogP contribution in [0.4, 0.5) is 14.9 Å². The number of likely N-dealkylation sites (tertiary alicyclic amines) is 1. The lowest BCUT2D eigenvalue weighted by atomic mass is 9.93. The third-order valence-corrected chi connectivity index (χ3v) is 14.0. The number of aryl methyl sites for hydroxylation is 1. The summed E-state index contributed by atoms with van der Waals surface area (Å²) in [5, 5.41) is 53.9. The molecule has 5 N–H and O–H groups in total. The fourth-order valence-electron chi connectivity index (χ4n) is 9.95. The Morgan fingerprint density at radius 1 is 0.914 bits per heavy atom. The van der Waals surface area contributed by atoms with E-state index in [1.165, 1.54) is 28.8 Å². The Morgan fingerprint density at radius 2 is 1.66 bits per heavy atom. The van der Waals surface area contributed by atoms with E-state index in [0.29, 0.717) is 83.7 Å². The Labute approximate surface area is 405 Å². The fourth-order valence-corrected chi connectivity index (χ4v) is 9.95.